The second-order valence-corrected chi connectivity index (χ2v) is 6.76. The molecule has 0 bridgehead atoms. The van der Waals surface area contributed by atoms with Crippen LogP contribution < -0.4 is 11.1 Å². The Morgan fingerprint density at radius 1 is 1.33 bits per heavy atom. The molecule has 6 heteroatoms. The van der Waals surface area contributed by atoms with Gasteiger partial charge in [0.05, 0.1) is 16.7 Å². The number of hydrogen-bond acceptors (Lipinski definition) is 5. The third kappa shape index (κ3) is 3.56. The van der Waals surface area contributed by atoms with Gasteiger partial charge in [0.2, 0.25) is 0 Å². The van der Waals surface area contributed by atoms with E-state index in [2.05, 4.69) is 5.32 Å². The van der Waals surface area contributed by atoms with Crippen molar-refractivity contribution in [2.45, 2.75) is 58.6 Å². The average Bonchev–Trinajstić information content (AvgIpc) is 2.96. The average molecular weight is 310 g/mol. The first kappa shape index (κ1) is 15.8. The molecule has 2 rings (SSSR count). The van der Waals surface area contributed by atoms with Gasteiger partial charge in [0.25, 0.3) is 5.91 Å². The molecule has 116 valence electrons. The minimum atomic E-state index is -0.417. The van der Waals surface area contributed by atoms with Crippen LogP contribution in [0.5, 0.6) is 0 Å². The van der Waals surface area contributed by atoms with Crippen LogP contribution in [0.25, 0.3) is 0 Å². The van der Waals surface area contributed by atoms with Crippen LogP contribution in [0, 0.1) is 6.92 Å². The van der Waals surface area contributed by atoms with Crippen molar-refractivity contribution in [1.29, 1.82) is 0 Å². The fourth-order valence-electron chi connectivity index (χ4n) is 2.61. The normalized spacial score (nSPS) is 15.4. The molecule has 1 aromatic heterocycles. The van der Waals surface area contributed by atoms with E-state index in [1.54, 1.807) is 20.8 Å². The van der Waals surface area contributed by atoms with Gasteiger partial charge in [-0.3, -0.25) is 4.79 Å². The number of ether oxygens (including phenoxy) is 1. The zero-order valence-corrected chi connectivity index (χ0v) is 13.5. The van der Waals surface area contributed by atoms with Crippen molar-refractivity contribution in [3.05, 3.63) is 16.0 Å². The molecule has 0 radical (unpaired) electrons. The summed E-state index contributed by atoms with van der Waals surface area (Å²) in [5.41, 5.74) is 6.96. The van der Waals surface area contributed by atoms with E-state index in [0.29, 0.717) is 21.0 Å². The lowest BCUT2D eigenvalue weighted by atomic mass is 10.1. The van der Waals surface area contributed by atoms with Crippen molar-refractivity contribution in [3.63, 3.8) is 0 Å². The molecule has 21 heavy (non-hydrogen) atoms. The van der Waals surface area contributed by atoms with Gasteiger partial charge in [-0.25, -0.2) is 4.79 Å². The highest BCUT2D eigenvalue weighted by Crippen LogP contribution is 2.31. The number of nitrogen functional groups attached to an aromatic ring is 1. The second-order valence-electron chi connectivity index (χ2n) is 5.70. The number of carbonyl (C=O) groups excluding carboxylic acids is 2. The summed E-state index contributed by atoms with van der Waals surface area (Å²) in [6.07, 6.45) is 4.12. The largest absolute Gasteiger partial charge is 0.459 e. The third-order valence-electron chi connectivity index (χ3n) is 3.62. The van der Waals surface area contributed by atoms with Gasteiger partial charge in [0, 0.05) is 6.04 Å². The van der Waals surface area contributed by atoms with Gasteiger partial charge in [-0.05, 0) is 39.2 Å². The molecule has 1 aliphatic rings. The molecule has 1 aromatic rings. The van der Waals surface area contributed by atoms with Crippen molar-refractivity contribution >= 4 is 28.2 Å². The number of anilines is 1. The molecular formula is C15H22N2O3S. The van der Waals surface area contributed by atoms with E-state index in [4.69, 9.17) is 10.5 Å². The number of nitrogens with two attached hydrogens (primary N) is 1. The molecule has 3 N–H and O–H groups in total. The number of rotatable bonds is 4. The number of hydrogen-bond donors (Lipinski definition) is 2. The molecule has 0 atom stereocenters. The molecule has 1 saturated carbocycles. The van der Waals surface area contributed by atoms with Crippen LogP contribution in [0.3, 0.4) is 0 Å². The van der Waals surface area contributed by atoms with E-state index in [0.717, 1.165) is 37.0 Å². The van der Waals surface area contributed by atoms with Gasteiger partial charge in [-0.2, -0.15) is 0 Å². The Bertz CT molecular complexity index is 545. The fourth-order valence-corrected chi connectivity index (χ4v) is 3.56. The number of nitrogens with one attached hydrogen (secondary N) is 1. The van der Waals surface area contributed by atoms with Crippen molar-refractivity contribution < 1.29 is 14.3 Å². The highest BCUT2D eigenvalue weighted by molar-refractivity contribution is 7.18. The van der Waals surface area contributed by atoms with Crippen LogP contribution >= 0.6 is 11.3 Å². The molecule has 0 aromatic carbocycles. The Labute approximate surface area is 128 Å². The molecule has 0 spiro atoms. The van der Waals surface area contributed by atoms with Crippen molar-refractivity contribution in [1.82, 2.24) is 5.32 Å². The quantitative estimate of drug-likeness (QED) is 0.838. The maximum absolute atomic E-state index is 12.4. The Hall–Kier alpha value is -1.56. The van der Waals surface area contributed by atoms with Gasteiger partial charge < -0.3 is 15.8 Å². The van der Waals surface area contributed by atoms with E-state index in [1.165, 1.54) is 0 Å². The minimum Gasteiger partial charge on any atom is -0.459 e. The summed E-state index contributed by atoms with van der Waals surface area (Å²) in [6, 6.07) is 0.224. The highest BCUT2D eigenvalue weighted by atomic mass is 32.1. The lowest BCUT2D eigenvalue weighted by Gasteiger charge is -2.12. The number of esters is 1. The van der Waals surface area contributed by atoms with E-state index >= 15 is 0 Å². The first-order valence-corrected chi connectivity index (χ1v) is 8.12. The zero-order valence-electron chi connectivity index (χ0n) is 12.7. The van der Waals surface area contributed by atoms with Crippen LogP contribution in [0.15, 0.2) is 0 Å². The summed E-state index contributed by atoms with van der Waals surface area (Å²) in [5, 5.41) is 3.38. The predicted molar refractivity (Wildman–Crippen MR) is 83.7 cm³/mol. The number of amides is 1. The number of carbonyl (C=O) groups is 2. The SMILES string of the molecule is Cc1c(C(=O)OC(C)C)sc(N)c1C(=O)NC1CCCC1. The summed E-state index contributed by atoms with van der Waals surface area (Å²) in [5.74, 6) is -0.601. The van der Waals surface area contributed by atoms with E-state index in [-0.39, 0.29) is 18.1 Å². The molecule has 0 unspecified atom stereocenters. The molecule has 0 aliphatic heterocycles. The Kier molecular flexibility index (Phi) is 4.88. The Balaban J connectivity index is 2.18. The van der Waals surface area contributed by atoms with Gasteiger partial charge in [-0.15, -0.1) is 11.3 Å². The molecule has 5 nitrogen and oxygen atoms in total. The van der Waals surface area contributed by atoms with Gasteiger partial charge in [-0.1, -0.05) is 12.8 Å². The second kappa shape index (κ2) is 6.47. The topological polar surface area (TPSA) is 81.4 Å². The van der Waals surface area contributed by atoms with E-state index in [9.17, 15) is 9.59 Å². The standard InChI is InChI=1S/C15H22N2O3S/c1-8(2)20-15(19)12-9(3)11(13(16)21-12)14(18)17-10-6-4-5-7-10/h8,10H,4-7,16H2,1-3H3,(H,17,18). The lowest BCUT2D eigenvalue weighted by Crippen LogP contribution is -2.33. The van der Waals surface area contributed by atoms with Gasteiger partial charge in [0.1, 0.15) is 4.88 Å². The third-order valence-corrected chi connectivity index (χ3v) is 4.72. The Morgan fingerprint density at radius 3 is 2.52 bits per heavy atom. The maximum Gasteiger partial charge on any atom is 0.348 e. The van der Waals surface area contributed by atoms with Crippen LogP contribution in [-0.2, 0) is 4.74 Å². The smallest absolute Gasteiger partial charge is 0.348 e. The summed E-state index contributed by atoms with van der Waals surface area (Å²) < 4.78 is 5.18. The molecule has 1 amide bonds. The summed E-state index contributed by atoms with van der Waals surface area (Å²) in [7, 11) is 0. The predicted octanol–water partition coefficient (Wildman–Crippen LogP) is 2.88. The van der Waals surface area contributed by atoms with Crippen molar-refractivity contribution in [2.24, 2.45) is 0 Å². The maximum atomic E-state index is 12.4. The number of thiophene rings is 1. The minimum absolute atomic E-state index is 0.184. The molecule has 1 fully saturated rings. The summed E-state index contributed by atoms with van der Waals surface area (Å²) >= 11 is 1.12. The van der Waals surface area contributed by atoms with Gasteiger partial charge in [0.15, 0.2) is 0 Å². The first-order valence-electron chi connectivity index (χ1n) is 7.30. The monoisotopic (exact) mass is 310 g/mol. The van der Waals surface area contributed by atoms with Gasteiger partial charge >= 0.3 is 5.97 Å². The van der Waals surface area contributed by atoms with Crippen LogP contribution in [-0.4, -0.2) is 24.0 Å². The van der Waals surface area contributed by atoms with Crippen LogP contribution in [0.1, 0.15) is 65.1 Å². The lowest BCUT2D eigenvalue weighted by molar-refractivity contribution is 0.0383. The fraction of sp³-hybridized carbons (Fsp3) is 0.600. The van der Waals surface area contributed by atoms with Crippen molar-refractivity contribution in [2.75, 3.05) is 5.73 Å². The summed E-state index contributed by atoms with van der Waals surface area (Å²) in [4.78, 5) is 24.8. The Morgan fingerprint density at radius 2 is 1.95 bits per heavy atom. The zero-order chi connectivity index (χ0) is 15.6. The highest BCUT2D eigenvalue weighted by Gasteiger charge is 2.26. The van der Waals surface area contributed by atoms with Crippen LogP contribution in [0.2, 0.25) is 0 Å². The first-order chi connectivity index (χ1) is 9.90. The molecule has 1 aliphatic carbocycles. The van der Waals surface area contributed by atoms with E-state index in [1.807, 2.05) is 0 Å². The molecule has 0 saturated heterocycles. The van der Waals surface area contributed by atoms with Crippen molar-refractivity contribution in [3.8, 4) is 0 Å². The molecular weight excluding hydrogens is 288 g/mol. The summed E-state index contributed by atoms with van der Waals surface area (Å²) in [6.45, 7) is 5.32. The molecule has 1 heterocycles. The van der Waals surface area contributed by atoms with Crippen LogP contribution in [0.4, 0.5) is 5.00 Å². The van der Waals surface area contributed by atoms with E-state index < -0.39 is 5.97 Å².